The van der Waals surface area contributed by atoms with Gasteiger partial charge < -0.3 is 10.4 Å². The summed E-state index contributed by atoms with van der Waals surface area (Å²) >= 11 is 0. The van der Waals surface area contributed by atoms with Gasteiger partial charge in [-0.3, -0.25) is 4.79 Å². The van der Waals surface area contributed by atoms with Gasteiger partial charge in [-0.2, -0.15) is 0 Å². The molecule has 98 valence electrons. The predicted octanol–water partition coefficient (Wildman–Crippen LogP) is 3.49. The van der Waals surface area contributed by atoms with E-state index in [0.717, 1.165) is 11.3 Å². The molecule has 2 aromatic rings. The van der Waals surface area contributed by atoms with Gasteiger partial charge in [0.05, 0.1) is 5.92 Å². The molecule has 0 aliphatic rings. The number of nitrogens with one attached hydrogen (secondary N) is 1. The first-order valence-electron chi connectivity index (χ1n) is 6.29. The summed E-state index contributed by atoms with van der Waals surface area (Å²) < 4.78 is 0. The van der Waals surface area contributed by atoms with E-state index in [2.05, 4.69) is 17.4 Å². The van der Waals surface area contributed by atoms with Crippen LogP contribution in [0.15, 0.2) is 54.6 Å². The van der Waals surface area contributed by atoms with Crippen LogP contribution in [0.2, 0.25) is 0 Å². The summed E-state index contributed by atoms with van der Waals surface area (Å²) in [7, 11) is 0. The Morgan fingerprint density at radius 1 is 1.05 bits per heavy atom. The maximum absolute atomic E-state index is 10.7. The van der Waals surface area contributed by atoms with E-state index in [0.29, 0.717) is 6.54 Å². The van der Waals surface area contributed by atoms with Gasteiger partial charge in [-0.1, -0.05) is 49.4 Å². The van der Waals surface area contributed by atoms with Crippen LogP contribution in [0.25, 0.3) is 11.1 Å². The van der Waals surface area contributed by atoms with E-state index >= 15 is 0 Å². The van der Waals surface area contributed by atoms with E-state index in [4.69, 9.17) is 5.11 Å². The van der Waals surface area contributed by atoms with Crippen LogP contribution in [0.1, 0.15) is 6.92 Å². The van der Waals surface area contributed by atoms with E-state index in [1.165, 1.54) is 5.56 Å². The number of hydrogen-bond acceptors (Lipinski definition) is 2. The quantitative estimate of drug-likeness (QED) is 0.859. The van der Waals surface area contributed by atoms with Crippen LogP contribution in [0.5, 0.6) is 0 Å². The zero-order chi connectivity index (χ0) is 13.7. The van der Waals surface area contributed by atoms with Crippen molar-refractivity contribution in [3.05, 3.63) is 54.6 Å². The number of hydrogen-bond donors (Lipinski definition) is 2. The molecule has 19 heavy (non-hydrogen) atoms. The van der Waals surface area contributed by atoms with Crippen LogP contribution in [0.3, 0.4) is 0 Å². The van der Waals surface area contributed by atoms with E-state index in [1.807, 2.05) is 42.5 Å². The smallest absolute Gasteiger partial charge is 0.308 e. The number of carbonyl (C=O) groups is 1. The van der Waals surface area contributed by atoms with Crippen molar-refractivity contribution in [1.82, 2.24) is 0 Å². The number of carboxylic acids is 1. The molecule has 0 saturated carbocycles. The Morgan fingerprint density at radius 3 is 2.21 bits per heavy atom. The van der Waals surface area contributed by atoms with Crippen LogP contribution in [-0.2, 0) is 4.79 Å². The van der Waals surface area contributed by atoms with E-state index in [9.17, 15) is 4.79 Å². The molecule has 3 nitrogen and oxygen atoms in total. The van der Waals surface area contributed by atoms with Crippen LogP contribution >= 0.6 is 0 Å². The molecule has 2 rings (SSSR count). The van der Waals surface area contributed by atoms with E-state index < -0.39 is 11.9 Å². The van der Waals surface area contributed by atoms with Gasteiger partial charge in [0, 0.05) is 12.2 Å². The number of carboxylic acid groups (broad SMARTS) is 1. The molecule has 0 aliphatic heterocycles. The van der Waals surface area contributed by atoms with Crippen molar-refractivity contribution in [2.24, 2.45) is 5.92 Å². The Morgan fingerprint density at radius 2 is 1.63 bits per heavy atom. The van der Waals surface area contributed by atoms with Gasteiger partial charge in [-0.15, -0.1) is 0 Å². The zero-order valence-electron chi connectivity index (χ0n) is 10.8. The summed E-state index contributed by atoms with van der Waals surface area (Å²) in [4.78, 5) is 10.7. The fourth-order valence-electron chi connectivity index (χ4n) is 1.77. The zero-order valence-corrected chi connectivity index (χ0v) is 10.8. The molecular weight excluding hydrogens is 238 g/mol. The highest BCUT2D eigenvalue weighted by Crippen LogP contribution is 2.21. The number of aliphatic carboxylic acids is 1. The van der Waals surface area contributed by atoms with Crippen molar-refractivity contribution < 1.29 is 9.90 Å². The highest BCUT2D eigenvalue weighted by Gasteiger charge is 2.09. The van der Waals surface area contributed by atoms with E-state index in [1.54, 1.807) is 6.92 Å². The molecule has 0 heterocycles. The molecule has 0 spiro atoms. The second-order valence-corrected chi connectivity index (χ2v) is 4.56. The summed E-state index contributed by atoms with van der Waals surface area (Å²) in [5.41, 5.74) is 3.26. The van der Waals surface area contributed by atoms with Gasteiger partial charge >= 0.3 is 5.97 Å². The van der Waals surface area contributed by atoms with Gasteiger partial charge in [0.25, 0.3) is 0 Å². The minimum Gasteiger partial charge on any atom is -0.481 e. The Hall–Kier alpha value is -2.29. The Balaban J connectivity index is 2.01. The number of anilines is 1. The van der Waals surface area contributed by atoms with Crippen LogP contribution in [-0.4, -0.2) is 17.6 Å². The van der Waals surface area contributed by atoms with Crippen molar-refractivity contribution in [3.8, 4) is 11.1 Å². The monoisotopic (exact) mass is 255 g/mol. The third kappa shape index (κ3) is 3.58. The second kappa shape index (κ2) is 6.05. The first-order valence-corrected chi connectivity index (χ1v) is 6.29. The molecule has 2 N–H and O–H groups in total. The molecule has 0 aliphatic carbocycles. The Labute approximate surface area is 112 Å². The first-order chi connectivity index (χ1) is 9.16. The molecule has 0 aromatic heterocycles. The molecule has 0 amide bonds. The minimum atomic E-state index is -0.784. The largest absolute Gasteiger partial charge is 0.481 e. The average molecular weight is 255 g/mol. The first kappa shape index (κ1) is 13.1. The molecule has 1 unspecified atom stereocenters. The topological polar surface area (TPSA) is 49.3 Å². The molecule has 0 fully saturated rings. The molecule has 0 bridgehead atoms. The summed E-state index contributed by atoms with van der Waals surface area (Å²) in [6, 6.07) is 18.1. The van der Waals surface area contributed by atoms with Crippen molar-refractivity contribution in [2.75, 3.05) is 11.9 Å². The summed E-state index contributed by atoms with van der Waals surface area (Å²) in [5.74, 6) is -1.18. The molecule has 0 saturated heterocycles. The number of rotatable bonds is 5. The molecule has 0 radical (unpaired) electrons. The lowest BCUT2D eigenvalue weighted by molar-refractivity contribution is -0.140. The normalized spacial score (nSPS) is 11.8. The summed E-state index contributed by atoms with van der Waals surface area (Å²) in [5, 5.41) is 11.9. The van der Waals surface area contributed by atoms with Crippen molar-refractivity contribution in [1.29, 1.82) is 0 Å². The van der Waals surface area contributed by atoms with Crippen LogP contribution in [0, 0.1) is 5.92 Å². The lowest BCUT2D eigenvalue weighted by Crippen LogP contribution is -2.19. The lowest BCUT2D eigenvalue weighted by Gasteiger charge is -2.10. The molecule has 1 atom stereocenters. The molecule has 3 heteroatoms. The fourth-order valence-corrected chi connectivity index (χ4v) is 1.77. The van der Waals surface area contributed by atoms with Crippen LogP contribution in [0.4, 0.5) is 5.69 Å². The highest BCUT2D eigenvalue weighted by molar-refractivity contribution is 5.70. The molecular formula is C16H17NO2. The van der Waals surface area contributed by atoms with Crippen molar-refractivity contribution in [3.63, 3.8) is 0 Å². The standard InChI is InChI=1S/C16H17NO2/c1-12(16(18)19)11-17-15-9-7-14(8-10-15)13-5-3-2-4-6-13/h2-10,12,17H,11H2,1H3,(H,18,19). The van der Waals surface area contributed by atoms with Crippen molar-refractivity contribution in [2.45, 2.75) is 6.92 Å². The van der Waals surface area contributed by atoms with Gasteiger partial charge in [0.2, 0.25) is 0 Å². The second-order valence-electron chi connectivity index (χ2n) is 4.56. The average Bonchev–Trinajstić information content (AvgIpc) is 2.46. The third-order valence-corrected chi connectivity index (χ3v) is 3.03. The van der Waals surface area contributed by atoms with Gasteiger partial charge in [-0.25, -0.2) is 0 Å². The fraction of sp³-hybridized carbons (Fsp3) is 0.188. The maximum Gasteiger partial charge on any atom is 0.308 e. The lowest BCUT2D eigenvalue weighted by atomic mass is 10.1. The molecule has 2 aromatic carbocycles. The van der Waals surface area contributed by atoms with Crippen molar-refractivity contribution >= 4 is 11.7 Å². The highest BCUT2D eigenvalue weighted by atomic mass is 16.4. The minimum absolute atomic E-state index is 0.395. The van der Waals surface area contributed by atoms with E-state index in [-0.39, 0.29) is 0 Å². The van der Waals surface area contributed by atoms with Gasteiger partial charge in [0.1, 0.15) is 0 Å². The van der Waals surface area contributed by atoms with Crippen LogP contribution < -0.4 is 5.32 Å². The maximum atomic E-state index is 10.7. The number of benzene rings is 2. The summed E-state index contributed by atoms with van der Waals surface area (Å²) in [6.07, 6.45) is 0. The Bertz CT molecular complexity index is 534. The summed E-state index contributed by atoms with van der Waals surface area (Å²) in [6.45, 7) is 2.12. The van der Waals surface area contributed by atoms with Gasteiger partial charge in [0.15, 0.2) is 0 Å². The Kier molecular flexibility index (Phi) is 4.18. The van der Waals surface area contributed by atoms with Gasteiger partial charge in [-0.05, 0) is 23.3 Å². The third-order valence-electron chi connectivity index (χ3n) is 3.03. The predicted molar refractivity (Wildman–Crippen MR) is 77.2 cm³/mol. The SMILES string of the molecule is CC(CNc1ccc(-c2ccccc2)cc1)C(=O)O.